The first-order chi connectivity index (χ1) is 11.4. The number of carbonyl (C=O) groups is 1. The lowest BCUT2D eigenvalue weighted by atomic mass is 10.0. The van der Waals surface area contributed by atoms with Crippen molar-refractivity contribution < 1.29 is 9.90 Å². The van der Waals surface area contributed by atoms with Crippen LogP contribution in [0.25, 0.3) is 0 Å². The third kappa shape index (κ3) is 4.53. The van der Waals surface area contributed by atoms with Crippen LogP contribution in [0.4, 0.5) is 0 Å². The molecule has 0 saturated carbocycles. The zero-order valence-corrected chi connectivity index (χ0v) is 15.6. The Morgan fingerprint density at radius 2 is 1.92 bits per heavy atom. The molecule has 0 aliphatic carbocycles. The molecule has 0 aliphatic rings. The normalized spacial score (nSPS) is 13.4. The Bertz CT molecular complexity index is 693. The highest BCUT2D eigenvalue weighted by molar-refractivity contribution is 7.98. The molecule has 5 heteroatoms. The van der Waals surface area contributed by atoms with Gasteiger partial charge in [-0.25, -0.2) is 0 Å². The molecule has 2 aromatic rings. The highest BCUT2D eigenvalue weighted by Crippen LogP contribution is 2.26. The summed E-state index contributed by atoms with van der Waals surface area (Å²) in [5.74, 6) is -0.0505. The largest absolute Gasteiger partial charge is 0.386 e. The average molecular weight is 364 g/mol. The summed E-state index contributed by atoms with van der Waals surface area (Å²) in [7, 11) is 1.72. The molecule has 2 rings (SSSR count). The van der Waals surface area contributed by atoms with Gasteiger partial charge in [0, 0.05) is 11.9 Å². The van der Waals surface area contributed by atoms with Crippen LogP contribution < -0.4 is 0 Å². The number of hydrogen-bond acceptors (Lipinski definition) is 3. The van der Waals surface area contributed by atoms with Crippen LogP contribution in [0.1, 0.15) is 24.2 Å². The van der Waals surface area contributed by atoms with E-state index in [4.69, 9.17) is 11.6 Å². The fourth-order valence-electron chi connectivity index (χ4n) is 2.49. The quantitative estimate of drug-likeness (QED) is 0.782. The molecule has 1 amide bonds. The molecule has 0 saturated heterocycles. The summed E-state index contributed by atoms with van der Waals surface area (Å²) in [6, 6.07) is 14.7. The number of nitrogens with zero attached hydrogens (tertiary/aromatic N) is 1. The number of aliphatic hydroxyl groups is 1. The lowest BCUT2D eigenvalue weighted by Gasteiger charge is -2.29. The van der Waals surface area contributed by atoms with Crippen LogP contribution in [0.15, 0.2) is 53.4 Å². The molecule has 0 aliphatic heterocycles. The monoisotopic (exact) mass is 363 g/mol. The van der Waals surface area contributed by atoms with Crippen molar-refractivity contribution in [1.29, 1.82) is 0 Å². The van der Waals surface area contributed by atoms with Crippen molar-refractivity contribution in [2.24, 2.45) is 0 Å². The predicted octanol–water partition coefficient (Wildman–Crippen LogP) is 4.18. The van der Waals surface area contributed by atoms with E-state index in [1.165, 1.54) is 0 Å². The Balaban J connectivity index is 2.04. The molecule has 0 bridgehead atoms. The highest BCUT2D eigenvalue weighted by atomic mass is 35.5. The molecular formula is C19H22ClNO2S. The number of likely N-dealkylation sites (N-methyl/N-ethyl adjacent to an activating group) is 1. The topological polar surface area (TPSA) is 40.5 Å². The number of hydrogen-bond donors (Lipinski definition) is 1. The van der Waals surface area contributed by atoms with Crippen molar-refractivity contribution in [2.75, 3.05) is 13.3 Å². The maximum absolute atomic E-state index is 12.5. The first kappa shape index (κ1) is 18.8. The summed E-state index contributed by atoms with van der Waals surface area (Å²) >= 11 is 7.78. The number of halogens is 1. The van der Waals surface area contributed by atoms with Gasteiger partial charge in [0.2, 0.25) is 5.91 Å². The number of rotatable bonds is 6. The van der Waals surface area contributed by atoms with E-state index < -0.39 is 6.10 Å². The first-order valence-electron chi connectivity index (χ1n) is 7.75. The molecule has 0 radical (unpaired) electrons. The highest BCUT2D eigenvalue weighted by Gasteiger charge is 2.24. The Morgan fingerprint density at radius 1 is 1.25 bits per heavy atom. The summed E-state index contributed by atoms with van der Waals surface area (Å²) in [6.45, 7) is 1.85. The van der Waals surface area contributed by atoms with Crippen LogP contribution in [-0.2, 0) is 11.2 Å². The first-order valence-corrected chi connectivity index (χ1v) is 9.35. The molecule has 2 atom stereocenters. The van der Waals surface area contributed by atoms with Crippen molar-refractivity contribution >= 4 is 29.3 Å². The van der Waals surface area contributed by atoms with E-state index in [1.54, 1.807) is 23.7 Å². The van der Waals surface area contributed by atoms with Crippen LogP contribution in [0.3, 0.4) is 0 Å². The van der Waals surface area contributed by atoms with Crippen molar-refractivity contribution in [3.8, 4) is 0 Å². The summed E-state index contributed by atoms with van der Waals surface area (Å²) in [5, 5.41) is 11.1. The van der Waals surface area contributed by atoms with E-state index in [0.717, 1.165) is 16.0 Å². The lowest BCUT2D eigenvalue weighted by molar-refractivity contribution is -0.133. The van der Waals surface area contributed by atoms with Crippen molar-refractivity contribution in [2.45, 2.75) is 30.4 Å². The minimum Gasteiger partial charge on any atom is -0.386 e. The fraction of sp³-hybridized carbons (Fsp3) is 0.316. The molecule has 0 heterocycles. The molecule has 1 N–H and O–H groups in total. The van der Waals surface area contributed by atoms with Gasteiger partial charge in [0.05, 0.1) is 23.6 Å². The van der Waals surface area contributed by atoms with E-state index >= 15 is 0 Å². The van der Waals surface area contributed by atoms with Crippen LogP contribution >= 0.6 is 23.4 Å². The molecule has 2 aromatic carbocycles. The van der Waals surface area contributed by atoms with Gasteiger partial charge in [0.25, 0.3) is 0 Å². The van der Waals surface area contributed by atoms with Crippen LogP contribution in [0, 0.1) is 0 Å². The standard InChI is InChI=1S/C19H22ClNO2S/c1-13(19(23)15-7-5-4-6-8-15)21(2)18(22)12-14-9-10-17(24-3)16(20)11-14/h4-11,13,19,23H,12H2,1-3H3/t13-,19+/m1/s1. The summed E-state index contributed by atoms with van der Waals surface area (Å²) in [6.07, 6.45) is 1.51. The van der Waals surface area contributed by atoms with E-state index in [2.05, 4.69) is 0 Å². The van der Waals surface area contributed by atoms with Gasteiger partial charge < -0.3 is 10.0 Å². The summed E-state index contributed by atoms with van der Waals surface area (Å²) in [4.78, 5) is 15.1. The molecule has 0 aromatic heterocycles. The second-order valence-electron chi connectivity index (χ2n) is 5.75. The maximum atomic E-state index is 12.5. The van der Waals surface area contributed by atoms with Gasteiger partial charge in [-0.15, -0.1) is 11.8 Å². The third-order valence-corrected chi connectivity index (χ3v) is 5.39. The van der Waals surface area contributed by atoms with E-state index in [1.807, 2.05) is 61.7 Å². The molecular weight excluding hydrogens is 342 g/mol. The fourth-order valence-corrected chi connectivity index (χ4v) is 3.38. The zero-order chi connectivity index (χ0) is 17.7. The van der Waals surface area contributed by atoms with Gasteiger partial charge >= 0.3 is 0 Å². The van der Waals surface area contributed by atoms with Gasteiger partial charge in [-0.05, 0) is 36.4 Å². The molecule has 128 valence electrons. The Hall–Kier alpha value is -1.49. The van der Waals surface area contributed by atoms with Crippen molar-refractivity contribution in [1.82, 2.24) is 4.90 Å². The maximum Gasteiger partial charge on any atom is 0.227 e. The Kier molecular flexibility index (Phi) is 6.72. The van der Waals surface area contributed by atoms with E-state index in [9.17, 15) is 9.90 Å². The number of aliphatic hydroxyl groups excluding tert-OH is 1. The van der Waals surface area contributed by atoms with Gasteiger partial charge in [0.1, 0.15) is 0 Å². The van der Waals surface area contributed by atoms with Crippen molar-refractivity contribution in [3.63, 3.8) is 0 Å². The average Bonchev–Trinajstić information content (AvgIpc) is 2.60. The number of amides is 1. The van der Waals surface area contributed by atoms with Crippen LogP contribution in [-0.4, -0.2) is 35.3 Å². The lowest BCUT2D eigenvalue weighted by Crippen LogP contribution is -2.39. The second-order valence-corrected chi connectivity index (χ2v) is 7.00. The molecule has 0 unspecified atom stereocenters. The number of carbonyl (C=O) groups excluding carboxylic acids is 1. The molecule has 24 heavy (non-hydrogen) atoms. The second kappa shape index (κ2) is 8.56. The van der Waals surface area contributed by atoms with Gasteiger partial charge in [-0.1, -0.05) is 48.0 Å². The summed E-state index contributed by atoms with van der Waals surface area (Å²) < 4.78 is 0. The van der Waals surface area contributed by atoms with Gasteiger partial charge in [-0.2, -0.15) is 0 Å². The van der Waals surface area contributed by atoms with Crippen molar-refractivity contribution in [3.05, 3.63) is 64.7 Å². The van der Waals surface area contributed by atoms with Gasteiger partial charge in [-0.3, -0.25) is 4.79 Å². The third-order valence-electron chi connectivity index (χ3n) is 4.17. The zero-order valence-electron chi connectivity index (χ0n) is 14.1. The minimum atomic E-state index is -0.720. The van der Waals surface area contributed by atoms with Crippen LogP contribution in [0.2, 0.25) is 5.02 Å². The minimum absolute atomic E-state index is 0.0505. The number of benzene rings is 2. The molecule has 3 nitrogen and oxygen atoms in total. The number of thioether (sulfide) groups is 1. The smallest absolute Gasteiger partial charge is 0.227 e. The predicted molar refractivity (Wildman–Crippen MR) is 101 cm³/mol. The summed E-state index contributed by atoms with van der Waals surface area (Å²) in [5.41, 5.74) is 1.67. The van der Waals surface area contributed by atoms with E-state index in [-0.39, 0.29) is 18.4 Å². The Labute approximate surface area is 152 Å². The Morgan fingerprint density at radius 3 is 2.50 bits per heavy atom. The SMILES string of the molecule is CSc1ccc(CC(=O)N(C)[C@H](C)[C@H](O)c2ccccc2)cc1Cl. The van der Waals surface area contributed by atoms with E-state index in [0.29, 0.717) is 5.02 Å². The molecule has 0 spiro atoms. The molecule has 0 fully saturated rings. The van der Waals surface area contributed by atoms with Crippen LogP contribution in [0.5, 0.6) is 0 Å². The van der Waals surface area contributed by atoms with Gasteiger partial charge in [0.15, 0.2) is 0 Å².